The minimum Gasteiger partial charge on any atom is -0.462 e. The lowest BCUT2D eigenvalue weighted by atomic mass is 9.54. The van der Waals surface area contributed by atoms with Crippen molar-refractivity contribution in [1.29, 1.82) is 0 Å². The van der Waals surface area contributed by atoms with Gasteiger partial charge in [-0.2, -0.15) is 0 Å². The molecule has 2 aliphatic carbocycles. The van der Waals surface area contributed by atoms with Crippen molar-refractivity contribution in [3.63, 3.8) is 0 Å². The molecule has 2 saturated carbocycles. The molecule has 1 saturated heterocycles. The largest absolute Gasteiger partial charge is 0.462 e. The third kappa shape index (κ3) is 3.05. The first-order valence-corrected chi connectivity index (χ1v) is 8.85. The lowest BCUT2D eigenvalue weighted by molar-refractivity contribution is -0.144. The molecule has 0 bridgehead atoms. The van der Waals surface area contributed by atoms with Crippen molar-refractivity contribution < 1.29 is 23.9 Å². The van der Waals surface area contributed by atoms with E-state index in [-0.39, 0.29) is 53.4 Å². The van der Waals surface area contributed by atoms with Crippen LogP contribution in [-0.4, -0.2) is 44.3 Å². The van der Waals surface area contributed by atoms with E-state index in [0.717, 1.165) is 19.3 Å². The summed E-state index contributed by atoms with van der Waals surface area (Å²) in [6, 6.07) is 0.0187. The first-order valence-electron chi connectivity index (χ1n) is 8.85. The van der Waals surface area contributed by atoms with Gasteiger partial charge in [0.05, 0.1) is 18.2 Å². The zero-order chi connectivity index (χ0) is 17.4. The minimum absolute atomic E-state index is 0.0187. The number of ether oxygens (including phenoxy) is 2. The van der Waals surface area contributed by atoms with Crippen LogP contribution in [0.1, 0.15) is 39.5 Å². The molecule has 1 amide bonds. The predicted octanol–water partition coefficient (Wildman–Crippen LogP) is 1.41. The van der Waals surface area contributed by atoms with E-state index in [1.165, 1.54) is 0 Å². The fourth-order valence-corrected chi connectivity index (χ4v) is 5.14. The molecule has 0 aromatic carbocycles. The first kappa shape index (κ1) is 17.3. The fourth-order valence-electron chi connectivity index (χ4n) is 5.14. The zero-order valence-electron chi connectivity index (χ0n) is 14.2. The number of nitrogens with one attached hydrogen (secondary N) is 1. The van der Waals surface area contributed by atoms with Crippen molar-refractivity contribution >= 4 is 25.6 Å². The van der Waals surface area contributed by atoms with E-state index >= 15 is 0 Å². The standard InChI is InChI=1S/C17H24BNO5/c1-3-23-17(22)19-10-4-5-11-9(6-10)7-12-13(14(11)15(18)20)8(2)24-16(12)21/h8-14H,3-7H2,1-2H3,(H,19,22)/t8-,9+,10-,11?,12-,13-,14+/m1/s1. The Bertz CT molecular complexity index is 539. The fraction of sp³-hybridized carbons (Fsp3) is 0.824. The number of esters is 1. The number of carbonyl (C=O) groups excluding carboxylic acids is 3. The molecule has 7 heteroatoms. The van der Waals surface area contributed by atoms with Gasteiger partial charge in [-0.3, -0.25) is 4.79 Å². The summed E-state index contributed by atoms with van der Waals surface area (Å²) in [5, 5.41) is 2.88. The van der Waals surface area contributed by atoms with Crippen molar-refractivity contribution in [1.82, 2.24) is 5.32 Å². The van der Waals surface area contributed by atoms with Gasteiger partial charge >= 0.3 is 12.1 Å². The van der Waals surface area contributed by atoms with Crippen molar-refractivity contribution in [2.45, 2.75) is 51.7 Å². The number of alkyl carbamates (subject to hydrolysis) is 1. The van der Waals surface area contributed by atoms with Crippen LogP contribution >= 0.6 is 0 Å². The Hall–Kier alpha value is -1.53. The average molecular weight is 333 g/mol. The molecular formula is C17H24BNO5. The highest BCUT2D eigenvalue weighted by Gasteiger charge is 2.56. The molecule has 1 unspecified atom stereocenters. The Labute approximate surface area is 143 Å². The number of amides is 1. The molecule has 3 rings (SSSR count). The molecule has 0 aromatic rings. The van der Waals surface area contributed by atoms with Crippen molar-refractivity contribution in [2.75, 3.05) is 6.61 Å². The van der Waals surface area contributed by atoms with Crippen molar-refractivity contribution in [3.8, 4) is 0 Å². The molecule has 6 nitrogen and oxygen atoms in total. The van der Waals surface area contributed by atoms with Crippen LogP contribution in [-0.2, 0) is 19.1 Å². The van der Waals surface area contributed by atoms with E-state index < -0.39 is 6.09 Å². The molecule has 0 spiro atoms. The second kappa shape index (κ2) is 6.77. The van der Waals surface area contributed by atoms with E-state index in [2.05, 4.69) is 5.32 Å². The maximum absolute atomic E-state index is 12.1. The van der Waals surface area contributed by atoms with Crippen LogP contribution in [0.15, 0.2) is 0 Å². The first-order chi connectivity index (χ1) is 11.4. The summed E-state index contributed by atoms with van der Waals surface area (Å²) in [6.07, 6.45) is 2.41. The van der Waals surface area contributed by atoms with Gasteiger partial charge < -0.3 is 19.6 Å². The second-order valence-electron chi connectivity index (χ2n) is 7.29. The minimum atomic E-state index is -0.407. The van der Waals surface area contributed by atoms with Crippen molar-refractivity contribution in [3.05, 3.63) is 0 Å². The molecule has 130 valence electrons. The number of fused-ring (bicyclic) bond motifs is 2. The zero-order valence-corrected chi connectivity index (χ0v) is 14.2. The summed E-state index contributed by atoms with van der Waals surface area (Å²) in [5.41, 5.74) is -0.332. The van der Waals surface area contributed by atoms with Crippen LogP contribution in [0.4, 0.5) is 4.79 Å². The van der Waals surface area contributed by atoms with Crippen molar-refractivity contribution in [2.24, 2.45) is 29.6 Å². The van der Waals surface area contributed by atoms with Gasteiger partial charge in [0.25, 0.3) is 0 Å². The maximum atomic E-state index is 12.1. The van der Waals surface area contributed by atoms with Gasteiger partial charge in [0.15, 0.2) is 7.85 Å². The summed E-state index contributed by atoms with van der Waals surface area (Å²) >= 11 is 0. The topological polar surface area (TPSA) is 81.7 Å². The van der Waals surface area contributed by atoms with E-state index in [4.69, 9.17) is 17.3 Å². The SMILES string of the molecule is [B]C(=O)[C@H]1C2CC[C@@H](NC(=O)OCC)C[C@H]2C[C@H]2C(=O)O[C@H](C)[C@H]21. The monoisotopic (exact) mass is 333 g/mol. The predicted molar refractivity (Wildman–Crippen MR) is 86.2 cm³/mol. The molecule has 1 heterocycles. The quantitative estimate of drug-likeness (QED) is 0.624. The molecule has 1 N–H and O–H groups in total. The van der Waals surface area contributed by atoms with Gasteiger partial charge in [0.1, 0.15) is 6.10 Å². The summed E-state index contributed by atoms with van der Waals surface area (Å²) in [5.74, 6) is -0.523. The Kier molecular flexibility index (Phi) is 4.88. The van der Waals surface area contributed by atoms with Crippen LogP contribution in [0.3, 0.4) is 0 Å². The third-order valence-electron chi connectivity index (χ3n) is 6.01. The summed E-state index contributed by atoms with van der Waals surface area (Å²) in [6.45, 7) is 3.96. The summed E-state index contributed by atoms with van der Waals surface area (Å²) in [4.78, 5) is 35.9. The smallest absolute Gasteiger partial charge is 0.407 e. The normalized spacial score (nSPS) is 40.9. The molecule has 3 fully saturated rings. The number of carbonyl (C=O) groups is 3. The summed E-state index contributed by atoms with van der Waals surface area (Å²) in [7, 11) is 5.70. The Morgan fingerprint density at radius 1 is 1.33 bits per heavy atom. The number of rotatable bonds is 3. The number of hydrogen-bond donors (Lipinski definition) is 1. The Balaban J connectivity index is 1.74. The third-order valence-corrected chi connectivity index (χ3v) is 6.01. The molecule has 7 atom stereocenters. The highest BCUT2D eigenvalue weighted by molar-refractivity contribution is 6.58. The van der Waals surface area contributed by atoms with E-state index in [1.807, 2.05) is 6.92 Å². The van der Waals surface area contributed by atoms with Crippen LogP contribution in [0.2, 0.25) is 0 Å². The highest BCUT2D eigenvalue weighted by atomic mass is 16.6. The van der Waals surface area contributed by atoms with Gasteiger partial charge in [-0.1, -0.05) is 0 Å². The molecule has 1 aliphatic heterocycles. The second-order valence-corrected chi connectivity index (χ2v) is 7.29. The molecule has 0 aromatic heterocycles. The van der Waals surface area contributed by atoms with E-state index in [0.29, 0.717) is 13.0 Å². The van der Waals surface area contributed by atoms with Crippen LogP contribution in [0.5, 0.6) is 0 Å². The van der Waals surface area contributed by atoms with Gasteiger partial charge in [0, 0.05) is 17.9 Å². The Morgan fingerprint density at radius 3 is 2.75 bits per heavy atom. The van der Waals surface area contributed by atoms with E-state index in [1.54, 1.807) is 6.92 Å². The van der Waals surface area contributed by atoms with Gasteiger partial charge in [-0.25, -0.2) is 4.79 Å². The number of hydrogen-bond acceptors (Lipinski definition) is 5. The lowest BCUT2D eigenvalue weighted by Crippen LogP contribution is -2.51. The average Bonchev–Trinajstić information content (AvgIpc) is 2.79. The Morgan fingerprint density at radius 2 is 2.08 bits per heavy atom. The lowest BCUT2D eigenvalue weighted by Gasteiger charge is -2.47. The number of cyclic esters (lactones) is 1. The van der Waals surface area contributed by atoms with Gasteiger partial charge in [-0.15, -0.1) is 0 Å². The van der Waals surface area contributed by atoms with Crippen LogP contribution < -0.4 is 5.32 Å². The van der Waals surface area contributed by atoms with Crippen LogP contribution in [0.25, 0.3) is 0 Å². The summed E-state index contributed by atoms with van der Waals surface area (Å²) < 4.78 is 10.3. The molecule has 24 heavy (non-hydrogen) atoms. The molecule has 2 radical (unpaired) electrons. The van der Waals surface area contributed by atoms with Gasteiger partial charge in [0.2, 0.25) is 0 Å². The highest BCUT2D eigenvalue weighted by Crippen LogP contribution is 2.53. The molecular weight excluding hydrogens is 309 g/mol. The van der Waals surface area contributed by atoms with Crippen LogP contribution in [0, 0.1) is 29.6 Å². The molecule has 3 aliphatic rings. The van der Waals surface area contributed by atoms with E-state index in [9.17, 15) is 14.4 Å². The maximum Gasteiger partial charge on any atom is 0.407 e. The van der Waals surface area contributed by atoms with Gasteiger partial charge in [-0.05, 0) is 51.4 Å².